The number of fused-ring (bicyclic) bond motifs is 8. The van der Waals surface area contributed by atoms with Gasteiger partial charge in [0.25, 0.3) is 0 Å². The molecule has 4 nitrogen and oxygen atoms in total. The molecule has 4 heteroatoms. The van der Waals surface area contributed by atoms with Crippen molar-refractivity contribution in [3.05, 3.63) is 168 Å². The summed E-state index contributed by atoms with van der Waals surface area (Å²) < 4.78 is 75.0. The molecule has 0 saturated heterocycles. The fraction of sp³-hybridized carbons (Fsp3) is 0. The van der Waals surface area contributed by atoms with Crippen molar-refractivity contribution in [2.75, 3.05) is 0 Å². The lowest BCUT2D eigenvalue weighted by Gasteiger charge is -2.07. The summed E-state index contributed by atoms with van der Waals surface area (Å²) in [5.74, 6) is 0. The normalized spacial score (nSPS) is 15.2. The molecule has 48 heavy (non-hydrogen) atoms. The molecule has 4 aromatic carbocycles. The molecular formula is C44H30N4. The third-order valence-electron chi connectivity index (χ3n) is 8.37. The Morgan fingerprint density at radius 3 is 0.792 bits per heavy atom. The molecular weight excluding hydrogens is 585 g/mol. The number of nitrogens with one attached hydrogen (secondary N) is 2. The molecule has 3 aromatic heterocycles. The van der Waals surface area contributed by atoms with E-state index in [9.17, 15) is 11.0 Å². The molecule has 7 aromatic rings. The molecule has 0 spiro atoms. The molecule has 2 aliphatic heterocycles. The minimum absolute atomic E-state index is 0.0866. The van der Waals surface area contributed by atoms with Crippen molar-refractivity contribution in [1.82, 2.24) is 19.9 Å². The predicted molar refractivity (Wildman–Crippen MR) is 201 cm³/mol. The minimum Gasteiger partial charge on any atom is -0.354 e. The summed E-state index contributed by atoms with van der Waals surface area (Å²) in [4.78, 5) is 16.6. The Morgan fingerprint density at radius 2 is 0.562 bits per heavy atom. The van der Waals surface area contributed by atoms with Gasteiger partial charge in [-0.25, -0.2) is 9.97 Å². The van der Waals surface area contributed by atoms with E-state index in [0.29, 0.717) is 44.5 Å². The van der Waals surface area contributed by atoms with E-state index in [1.807, 2.05) is 121 Å². The summed E-state index contributed by atoms with van der Waals surface area (Å²) in [6.45, 7) is 0. The maximum atomic E-state index is 9.39. The van der Waals surface area contributed by atoms with Gasteiger partial charge in [-0.2, -0.15) is 0 Å². The minimum atomic E-state index is -0.221. The summed E-state index contributed by atoms with van der Waals surface area (Å²) in [7, 11) is 0. The van der Waals surface area contributed by atoms with Crippen molar-refractivity contribution in [2.24, 2.45) is 0 Å². The fourth-order valence-electron chi connectivity index (χ4n) is 6.19. The molecule has 2 N–H and O–H groups in total. The van der Waals surface area contributed by atoms with Gasteiger partial charge in [-0.1, -0.05) is 121 Å². The van der Waals surface area contributed by atoms with Gasteiger partial charge in [0.1, 0.15) is 0 Å². The number of nitrogens with zero attached hydrogens (tertiary/aromatic N) is 2. The first-order valence-corrected chi connectivity index (χ1v) is 15.5. The van der Waals surface area contributed by atoms with Crippen molar-refractivity contribution >= 4 is 46.3 Å². The smallest absolute Gasteiger partial charge is 0.0737 e. The van der Waals surface area contributed by atoms with Gasteiger partial charge in [-0.05, 0) is 70.6 Å². The lowest BCUT2D eigenvalue weighted by molar-refractivity contribution is 1.31. The van der Waals surface area contributed by atoms with Crippen LogP contribution in [0, 0.1) is 0 Å². The maximum Gasteiger partial charge on any atom is 0.0737 e. The Balaban J connectivity index is 1.63. The molecule has 8 bridgehead atoms. The largest absolute Gasteiger partial charge is 0.354 e. The van der Waals surface area contributed by atoms with E-state index in [0.717, 1.165) is 0 Å². The zero-order valence-electron chi connectivity index (χ0n) is 33.4. The van der Waals surface area contributed by atoms with E-state index in [1.54, 1.807) is 0 Å². The van der Waals surface area contributed by atoms with Gasteiger partial charge >= 0.3 is 0 Å². The standard InChI is InChI=1S/C44H30N4/c1-5-13-29(14-6-1)41-33-21-23-35(45-33)42(30-15-7-2-8-16-30)37-25-27-39(47-37)44(32-19-11-4-12-20-32)40-28-26-38(48-40)43(31-17-9-3-10-18-31)36-24-22-34(41)46-36/h1-28,45,48H/i21D,22D,23D,24D,25D,26D,27D,28D,41+0. The average molecular weight is 623 g/mol. The van der Waals surface area contributed by atoms with Gasteiger partial charge in [0.15, 0.2) is 0 Å². The molecule has 0 radical (unpaired) electrons. The highest BCUT2D eigenvalue weighted by Gasteiger charge is 2.18. The summed E-state index contributed by atoms with van der Waals surface area (Å²) in [6.07, 6.45) is 0. The molecule has 0 fully saturated rings. The zero-order valence-corrected chi connectivity index (χ0v) is 25.4. The highest BCUT2D eigenvalue weighted by Crippen LogP contribution is 2.38. The van der Waals surface area contributed by atoms with Crippen LogP contribution in [0.3, 0.4) is 0 Å². The van der Waals surface area contributed by atoms with Gasteiger partial charge in [-0.3, -0.25) is 0 Å². The SMILES string of the molecule is [2H]C1=C([2H])c2nc1c(-c1ccccc1)c1[nH]c(c([2H])c1[2H])c(-c1ccccc1)c1nc([12c](-c3ccccc3)c3[nH]c(c([2H])c3[2H])c2-c2ccccc2)C([2H])=C1[2H]. The van der Waals surface area contributed by atoms with Crippen LogP contribution >= 0.6 is 0 Å². The molecule has 0 saturated carbocycles. The predicted octanol–water partition coefficient (Wildman–Crippen LogP) is 11.3. The van der Waals surface area contributed by atoms with E-state index < -0.39 is 0 Å². The van der Waals surface area contributed by atoms with Crippen LogP contribution in [0.2, 0.25) is 0 Å². The van der Waals surface area contributed by atoms with Crippen LogP contribution in [-0.2, 0) is 0 Å². The lowest BCUT2D eigenvalue weighted by Crippen LogP contribution is -1.89. The van der Waals surface area contributed by atoms with Crippen molar-refractivity contribution in [3.8, 4) is 44.5 Å². The number of aromatic nitrogens is 4. The molecule has 0 aliphatic carbocycles. The first-order valence-electron chi connectivity index (χ1n) is 19.5. The monoisotopic (exact) mass is 622 g/mol. The molecule has 0 atom stereocenters. The maximum absolute atomic E-state index is 9.39. The summed E-state index contributed by atoms with van der Waals surface area (Å²) in [5, 5.41) is 0. The molecule has 5 heterocycles. The Kier molecular flexibility index (Phi) is 5.01. The van der Waals surface area contributed by atoms with Gasteiger partial charge in [0.2, 0.25) is 0 Å². The second kappa shape index (κ2) is 11.7. The van der Waals surface area contributed by atoms with E-state index in [-0.39, 0.29) is 93.2 Å². The summed E-state index contributed by atoms with van der Waals surface area (Å²) in [5.41, 5.74) is 4.62. The van der Waals surface area contributed by atoms with Crippen LogP contribution in [0.5, 0.6) is 0 Å². The van der Waals surface area contributed by atoms with Gasteiger partial charge < -0.3 is 9.97 Å². The van der Waals surface area contributed by atoms with Crippen LogP contribution in [0.4, 0.5) is 0 Å². The number of rotatable bonds is 4. The second-order valence-electron chi connectivity index (χ2n) is 11.3. The summed E-state index contributed by atoms with van der Waals surface area (Å²) >= 11 is 0. The Bertz CT molecular complexity index is 2580. The van der Waals surface area contributed by atoms with E-state index >= 15 is 0 Å². The Morgan fingerprint density at radius 1 is 0.333 bits per heavy atom. The van der Waals surface area contributed by atoms with Crippen molar-refractivity contribution in [2.45, 2.75) is 0 Å². The zero-order chi connectivity index (χ0) is 38.8. The number of H-pyrrole nitrogens is 2. The van der Waals surface area contributed by atoms with Gasteiger partial charge in [0.05, 0.1) is 33.7 Å². The Labute approximate surface area is 289 Å². The number of benzene rings is 4. The van der Waals surface area contributed by atoms with E-state index in [4.69, 9.17) is 9.97 Å². The second-order valence-corrected chi connectivity index (χ2v) is 11.3. The lowest BCUT2D eigenvalue weighted by atomic mass is 10.0. The van der Waals surface area contributed by atoms with E-state index in [2.05, 4.69) is 9.97 Å². The van der Waals surface area contributed by atoms with Crippen molar-refractivity contribution in [1.29, 1.82) is 0 Å². The van der Waals surface area contributed by atoms with Crippen molar-refractivity contribution in [3.63, 3.8) is 0 Å². The number of hydrogen-bond acceptors (Lipinski definition) is 2. The van der Waals surface area contributed by atoms with Crippen LogP contribution in [-0.4, -0.2) is 19.9 Å². The van der Waals surface area contributed by atoms with Crippen LogP contribution in [0.25, 0.3) is 90.8 Å². The molecule has 2 aliphatic rings. The highest BCUT2D eigenvalue weighted by molar-refractivity contribution is 5.99. The van der Waals surface area contributed by atoms with E-state index in [1.165, 1.54) is 0 Å². The highest BCUT2D eigenvalue weighted by atomic mass is 14.8. The van der Waals surface area contributed by atoms with Crippen molar-refractivity contribution < 1.29 is 11.0 Å². The van der Waals surface area contributed by atoms with Gasteiger partial charge in [0, 0.05) is 44.3 Å². The number of hydrogen-bond donors (Lipinski definition) is 2. The third kappa shape index (κ3) is 4.88. The topological polar surface area (TPSA) is 57.4 Å². The molecule has 226 valence electrons. The van der Waals surface area contributed by atoms with Crippen LogP contribution < -0.4 is 0 Å². The average Bonchev–Trinajstić information content (AvgIpc) is 3.89. The van der Waals surface area contributed by atoms with Crippen LogP contribution in [0.1, 0.15) is 33.7 Å². The van der Waals surface area contributed by atoms with Gasteiger partial charge in [-0.15, -0.1) is 0 Å². The quantitative estimate of drug-likeness (QED) is 0.205. The molecule has 0 unspecified atom stereocenters. The Hall–Kier alpha value is -6.52. The molecule has 9 rings (SSSR count). The first-order chi connectivity index (χ1) is 27.2. The van der Waals surface area contributed by atoms with Crippen LogP contribution in [0.15, 0.2) is 145 Å². The number of aromatic amines is 2. The first kappa shape index (κ1) is 20.6. The summed E-state index contributed by atoms with van der Waals surface area (Å²) in [6, 6.07) is 34.7. The fourth-order valence-corrected chi connectivity index (χ4v) is 6.19. The molecule has 0 amide bonds. The third-order valence-corrected chi connectivity index (χ3v) is 8.37.